The number of nitrogens with one attached hydrogen (secondary N) is 2. The van der Waals surface area contributed by atoms with Crippen molar-refractivity contribution < 1.29 is 18.0 Å². The first-order valence-electron chi connectivity index (χ1n) is 9.92. The highest BCUT2D eigenvalue weighted by molar-refractivity contribution is 5.79. The van der Waals surface area contributed by atoms with Gasteiger partial charge >= 0.3 is 6.18 Å². The lowest BCUT2D eigenvalue weighted by atomic mass is 9.96. The highest BCUT2D eigenvalue weighted by Crippen LogP contribution is 2.29. The van der Waals surface area contributed by atoms with E-state index >= 15 is 0 Å². The third kappa shape index (κ3) is 7.92. The van der Waals surface area contributed by atoms with Crippen molar-refractivity contribution in [3.05, 3.63) is 35.4 Å². The average Bonchev–Trinajstić information content (AvgIpc) is 2.70. The number of nitrogens with two attached hydrogens (primary N) is 1. The standard InChI is InChI=1S/C20H30F3N5O/c1-25-19(27-14-15-4-6-17(7-5-15)20(21,22)23)26-10-2-3-11-28-12-8-16(9-13-28)18(24)29/h4-7,16H,2-3,8-14H2,1H3,(H2,24,29)(H2,25,26,27). The Hall–Kier alpha value is -2.29. The summed E-state index contributed by atoms with van der Waals surface area (Å²) in [6.45, 7) is 3.97. The molecule has 162 valence electrons. The van der Waals surface area contributed by atoms with Gasteiger partial charge in [0.2, 0.25) is 5.91 Å². The van der Waals surface area contributed by atoms with Crippen molar-refractivity contribution in [3.63, 3.8) is 0 Å². The van der Waals surface area contributed by atoms with Crippen LogP contribution in [0.15, 0.2) is 29.3 Å². The maximum absolute atomic E-state index is 12.6. The molecular weight excluding hydrogens is 383 g/mol. The normalized spacial score (nSPS) is 16.6. The van der Waals surface area contributed by atoms with Gasteiger partial charge < -0.3 is 21.3 Å². The van der Waals surface area contributed by atoms with E-state index in [1.165, 1.54) is 12.1 Å². The molecule has 1 aliphatic rings. The number of guanidine groups is 1. The third-order valence-electron chi connectivity index (χ3n) is 5.15. The Morgan fingerprint density at radius 3 is 2.38 bits per heavy atom. The molecule has 4 N–H and O–H groups in total. The molecule has 2 rings (SSSR count). The number of carbonyl (C=O) groups excluding carboxylic acids is 1. The lowest BCUT2D eigenvalue weighted by Gasteiger charge is -2.30. The zero-order valence-electron chi connectivity index (χ0n) is 16.8. The predicted molar refractivity (Wildman–Crippen MR) is 107 cm³/mol. The molecule has 9 heteroatoms. The molecule has 0 radical (unpaired) electrons. The van der Waals surface area contributed by atoms with E-state index in [-0.39, 0.29) is 11.8 Å². The monoisotopic (exact) mass is 413 g/mol. The molecule has 0 aliphatic carbocycles. The summed E-state index contributed by atoms with van der Waals surface area (Å²) in [5, 5.41) is 6.32. The van der Waals surface area contributed by atoms with Crippen LogP contribution in [0.4, 0.5) is 13.2 Å². The van der Waals surface area contributed by atoms with Gasteiger partial charge in [-0.3, -0.25) is 9.79 Å². The Balaban J connectivity index is 1.60. The van der Waals surface area contributed by atoms with E-state index < -0.39 is 11.7 Å². The first kappa shape index (κ1) is 23.0. The molecule has 1 amide bonds. The molecule has 1 aromatic rings. The molecular formula is C20H30F3N5O. The van der Waals surface area contributed by atoms with Crippen LogP contribution in [0.25, 0.3) is 0 Å². The summed E-state index contributed by atoms with van der Waals surface area (Å²) in [5.41, 5.74) is 5.45. The summed E-state index contributed by atoms with van der Waals surface area (Å²) >= 11 is 0. The summed E-state index contributed by atoms with van der Waals surface area (Å²) in [6, 6.07) is 5.09. The number of alkyl halides is 3. The van der Waals surface area contributed by atoms with E-state index in [0.29, 0.717) is 12.5 Å². The van der Waals surface area contributed by atoms with Crippen LogP contribution in [-0.4, -0.2) is 50.0 Å². The lowest BCUT2D eigenvalue weighted by molar-refractivity contribution is -0.137. The second kappa shape index (κ2) is 11.0. The maximum Gasteiger partial charge on any atom is 0.416 e. The Morgan fingerprint density at radius 2 is 1.83 bits per heavy atom. The number of aliphatic imine (C=N–C) groups is 1. The Bertz CT molecular complexity index is 668. The number of halogens is 3. The fourth-order valence-corrected chi connectivity index (χ4v) is 3.33. The average molecular weight is 413 g/mol. The van der Waals surface area contributed by atoms with Crippen molar-refractivity contribution in [2.75, 3.05) is 33.2 Å². The fourth-order valence-electron chi connectivity index (χ4n) is 3.33. The minimum atomic E-state index is -4.32. The Labute approximate surface area is 169 Å². The number of likely N-dealkylation sites (tertiary alicyclic amines) is 1. The number of nitrogens with zero attached hydrogens (tertiary/aromatic N) is 2. The number of hydrogen-bond donors (Lipinski definition) is 3. The van der Waals surface area contributed by atoms with Gasteiger partial charge in [-0.15, -0.1) is 0 Å². The van der Waals surface area contributed by atoms with E-state index in [1.807, 2.05) is 0 Å². The maximum atomic E-state index is 12.6. The van der Waals surface area contributed by atoms with Gasteiger partial charge in [-0.1, -0.05) is 12.1 Å². The molecule has 6 nitrogen and oxygen atoms in total. The molecule has 1 fully saturated rings. The van der Waals surface area contributed by atoms with E-state index in [9.17, 15) is 18.0 Å². The van der Waals surface area contributed by atoms with Crippen LogP contribution in [0, 0.1) is 5.92 Å². The number of primary amides is 1. The van der Waals surface area contributed by atoms with Gasteiger partial charge in [0.1, 0.15) is 0 Å². The van der Waals surface area contributed by atoms with E-state index in [2.05, 4.69) is 20.5 Å². The van der Waals surface area contributed by atoms with Gasteiger partial charge in [0.15, 0.2) is 5.96 Å². The largest absolute Gasteiger partial charge is 0.416 e. The molecule has 0 atom stereocenters. The molecule has 0 spiro atoms. The minimum Gasteiger partial charge on any atom is -0.369 e. The number of unbranched alkanes of at least 4 members (excludes halogenated alkanes) is 1. The van der Waals surface area contributed by atoms with Crippen LogP contribution in [0.5, 0.6) is 0 Å². The van der Waals surface area contributed by atoms with Gasteiger partial charge in [-0.05, 0) is 63.0 Å². The molecule has 0 aromatic heterocycles. The second-order valence-corrected chi connectivity index (χ2v) is 7.27. The summed E-state index contributed by atoms with van der Waals surface area (Å²) in [7, 11) is 1.66. The zero-order chi connectivity index (χ0) is 21.3. The minimum absolute atomic E-state index is 0.0204. The van der Waals surface area contributed by atoms with Gasteiger partial charge in [0.05, 0.1) is 5.56 Å². The van der Waals surface area contributed by atoms with Crippen molar-refractivity contribution in [1.82, 2.24) is 15.5 Å². The van der Waals surface area contributed by atoms with Crippen LogP contribution in [-0.2, 0) is 17.5 Å². The van der Waals surface area contributed by atoms with Crippen molar-refractivity contribution in [3.8, 4) is 0 Å². The first-order chi connectivity index (χ1) is 13.8. The summed E-state index contributed by atoms with van der Waals surface area (Å²) in [5.74, 6) is 0.447. The van der Waals surface area contributed by atoms with Crippen LogP contribution >= 0.6 is 0 Å². The molecule has 0 bridgehead atoms. The van der Waals surface area contributed by atoms with Crippen molar-refractivity contribution in [2.45, 2.75) is 38.4 Å². The van der Waals surface area contributed by atoms with Crippen molar-refractivity contribution >= 4 is 11.9 Å². The predicted octanol–water partition coefficient (Wildman–Crippen LogP) is 2.35. The number of hydrogen-bond acceptors (Lipinski definition) is 3. The topological polar surface area (TPSA) is 82.8 Å². The lowest BCUT2D eigenvalue weighted by Crippen LogP contribution is -2.39. The van der Waals surface area contributed by atoms with Crippen molar-refractivity contribution in [1.29, 1.82) is 0 Å². The highest BCUT2D eigenvalue weighted by atomic mass is 19.4. The summed E-state index contributed by atoms with van der Waals surface area (Å²) in [4.78, 5) is 17.7. The van der Waals surface area contributed by atoms with Crippen LogP contribution in [0.3, 0.4) is 0 Å². The first-order valence-corrected chi connectivity index (χ1v) is 9.92. The van der Waals surface area contributed by atoms with Crippen molar-refractivity contribution in [2.24, 2.45) is 16.6 Å². The third-order valence-corrected chi connectivity index (χ3v) is 5.15. The van der Waals surface area contributed by atoms with Gasteiger partial charge in [-0.25, -0.2) is 0 Å². The smallest absolute Gasteiger partial charge is 0.369 e. The number of rotatable bonds is 8. The highest BCUT2D eigenvalue weighted by Gasteiger charge is 2.29. The molecule has 1 heterocycles. The number of carbonyl (C=O) groups is 1. The molecule has 1 aromatic carbocycles. The van der Waals surface area contributed by atoms with Crippen LogP contribution in [0.2, 0.25) is 0 Å². The summed E-state index contributed by atoms with van der Waals surface area (Å²) < 4.78 is 37.8. The van der Waals surface area contributed by atoms with Gasteiger partial charge in [-0.2, -0.15) is 13.2 Å². The number of benzene rings is 1. The summed E-state index contributed by atoms with van der Waals surface area (Å²) in [6.07, 6.45) is -0.635. The SMILES string of the molecule is CN=C(NCCCCN1CCC(C(N)=O)CC1)NCc1ccc(C(F)(F)F)cc1. The number of piperidine rings is 1. The quantitative estimate of drug-likeness (QED) is 0.347. The second-order valence-electron chi connectivity index (χ2n) is 7.27. The van der Waals surface area contributed by atoms with Gasteiger partial charge in [0.25, 0.3) is 0 Å². The zero-order valence-corrected chi connectivity index (χ0v) is 16.8. The molecule has 1 aliphatic heterocycles. The van der Waals surface area contributed by atoms with Gasteiger partial charge in [0, 0.05) is 26.1 Å². The molecule has 0 saturated carbocycles. The molecule has 1 saturated heterocycles. The molecule has 29 heavy (non-hydrogen) atoms. The molecule has 0 unspecified atom stereocenters. The van der Waals surface area contributed by atoms with Crippen LogP contribution in [0.1, 0.15) is 36.8 Å². The Morgan fingerprint density at radius 1 is 1.17 bits per heavy atom. The van der Waals surface area contributed by atoms with E-state index in [0.717, 1.165) is 69.6 Å². The van der Waals surface area contributed by atoms with E-state index in [4.69, 9.17) is 5.73 Å². The van der Waals surface area contributed by atoms with Crippen LogP contribution < -0.4 is 16.4 Å². The van der Waals surface area contributed by atoms with E-state index in [1.54, 1.807) is 7.05 Å². The Kier molecular flexibility index (Phi) is 8.75. The fraction of sp³-hybridized carbons (Fsp3) is 0.600. The number of amides is 1.